The standard InChI is InChI=1S/C31H37N5O7/c1-18-26(29(38)39)28(27(30(40)41)19(2)32-18)22-7-4-8-23(16-22)33-31(42)35-34-25(37)12-15-36-13-10-20(11-14-36)21-6-5-9-24(17-21)43-3/h4-9,16-17,20,26,28H,10-15H2,1-3H3,(H,34,37)(H,38,39)(H,40,41)(H2,33,35,42). The molecular weight excluding hydrogens is 554 g/mol. The number of carbonyl (C=O) groups excluding carboxylic acids is 2. The monoisotopic (exact) mass is 591 g/mol. The van der Waals surface area contributed by atoms with Gasteiger partial charge in [-0.25, -0.2) is 15.0 Å². The molecule has 12 nitrogen and oxygen atoms in total. The van der Waals surface area contributed by atoms with E-state index in [-0.39, 0.29) is 23.6 Å². The van der Waals surface area contributed by atoms with Gasteiger partial charge in [-0.1, -0.05) is 24.3 Å². The minimum absolute atomic E-state index is 0.114. The minimum atomic E-state index is -1.26. The molecule has 2 aromatic rings. The van der Waals surface area contributed by atoms with E-state index in [0.29, 0.717) is 29.4 Å². The zero-order chi connectivity index (χ0) is 31.1. The topological polar surface area (TPSA) is 170 Å². The van der Waals surface area contributed by atoms with Crippen LogP contribution in [0.15, 0.2) is 64.8 Å². The second-order valence-electron chi connectivity index (χ2n) is 10.7. The van der Waals surface area contributed by atoms with Crippen LogP contribution in [0.25, 0.3) is 0 Å². The molecule has 1 fully saturated rings. The Balaban J connectivity index is 1.27. The van der Waals surface area contributed by atoms with E-state index in [1.165, 1.54) is 18.6 Å². The van der Waals surface area contributed by atoms with E-state index in [2.05, 4.69) is 38.2 Å². The quantitative estimate of drug-likeness (QED) is 0.275. The van der Waals surface area contributed by atoms with Crippen LogP contribution in [0.3, 0.4) is 0 Å². The highest BCUT2D eigenvalue weighted by Gasteiger charge is 2.41. The number of anilines is 1. The van der Waals surface area contributed by atoms with Crippen molar-refractivity contribution in [2.75, 3.05) is 32.1 Å². The van der Waals surface area contributed by atoms with Crippen molar-refractivity contribution in [1.29, 1.82) is 0 Å². The molecule has 43 heavy (non-hydrogen) atoms. The number of allylic oxidation sites excluding steroid dienone is 1. The predicted octanol–water partition coefficient (Wildman–Crippen LogP) is 3.74. The van der Waals surface area contributed by atoms with Crippen molar-refractivity contribution in [3.05, 3.63) is 70.9 Å². The number of carboxylic acid groups (broad SMARTS) is 2. The number of carboxylic acids is 2. The Hall–Kier alpha value is -4.71. The molecule has 0 saturated carbocycles. The van der Waals surface area contributed by atoms with Crippen molar-refractivity contribution in [1.82, 2.24) is 15.8 Å². The summed E-state index contributed by atoms with van der Waals surface area (Å²) in [6.45, 7) is 5.38. The van der Waals surface area contributed by atoms with Gasteiger partial charge < -0.3 is 25.2 Å². The van der Waals surface area contributed by atoms with Crippen molar-refractivity contribution in [3.8, 4) is 5.75 Å². The number of benzene rings is 2. The van der Waals surface area contributed by atoms with Crippen molar-refractivity contribution in [2.24, 2.45) is 10.9 Å². The van der Waals surface area contributed by atoms with Crippen LogP contribution in [0.2, 0.25) is 0 Å². The molecule has 2 heterocycles. The molecule has 0 aliphatic carbocycles. The van der Waals surface area contributed by atoms with E-state index in [1.54, 1.807) is 32.2 Å². The Morgan fingerprint density at radius 2 is 1.67 bits per heavy atom. The number of nitrogens with zero attached hydrogens (tertiary/aromatic N) is 2. The smallest absolute Gasteiger partial charge is 0.337 e. The Bertz CT molecular complexity index is 1450. The summed E-state index contributed by atoms with van der Waals surface area (Å²) in [5.41, 5.74) is 7.10. The third-order valence-electron chi connectivity index (χ3n) is 7.95. The molecule has 2 unspecified atom stereocenters. The molecule has 0 aromatic heterocycles. The first-order valence-electron chi connectivity index (χ1n) is 14.1. The summed E-state index contributed by atoms with van der Waals surface area (Å²) in [6, 6.07) is 13.7. The largest absolute Gasteiger partial charge is 0.497 e. The first-order valence-corrected chi connectivity index (χ1v) is 14.1. The maximum Gasteiger partial charge on any atom is 0.337 e. The number of carbonyl (C=O) groups is 4. The summed E-state index contributed by atoms with van der Waals surface area (Å²) >= 11 is 0. The predicted molar refractivity (Wildman–Crippen MR) is 160 cm³/mol. The van der Waals surface area contributed by atoms with E-state index in [1.807, 2.05) is 12.1 Å². The van der Waals surface area contributed by atoms with Crippen LogP contribution in [0.1, 0.15) is 56.1 Å². The molecule has 0 bridgehead atoms. The Morgan fingerprint density at radius 1 is 0.977 bits per heavy atom. The molecule has 0 spiro atoms. The van der Waals surface area contributed by atoms with Gasteiger partial charge in [0.05, 0.1) is 12.7 Å². The van der Waals surface area contributed by atoms with Gasteiger partial charge in [-0.05, 0) is 81.1 Å². The highest BCUT2D eigenvalue weighted by Crippen LogP contribution is 2.39. The number of methoxy groups -OCH3 is 1. The highest BCUT2D eigenvalue weighted by molar-refractivity contribution is 6.06. The van der Waals surface area contributed by atoms with Crippen molar-refractivity contribution in [2.45, 2.75) is 44.9 Å². The number of hydrazine groups is 1. The minimum Gasteiger partial charge on any atom is -0.497 e. The van der Waals surface area contributed by atoms with Gasteiger partial charge in [-0.15, -0.1) is 0 Å². The summed E-state index contributed by atoms with van der Waals surface area (Å²) in [6.07, 6.45) is 2.18. The number of likely N-dealkylation sites (tertiary alicyclic amines) is 1. The summed E-state index contributed by atoms with van der Waals surface area (Å²) in [4.78, 5) is 55.4. The van der Waals surface area contributed by atoms with E-state index in [9.17, 15) is 29.4 Å². The van der Waals surface area contributed by atoms with Gasteiger partial charge in [0, 0.05) is 36.0 Å². The fourth-order valence-corrected chi connectivity index (χ4v) is 5.80. The van der Waals surface area contributed by atoms with Crippen LogP contribution in [0, 0.1) is 5.92 Å². The third-order valence-corrected chi connectivity index (χ3v) is 7.95. The van der Waals surface area contributed by atoms with Crippen molar-refractivity contribution in [3.63, 3.8) is 0 Å². The zero-order valence-corrected chi connectivity index (χ0v) is 24.4. The fourth-order valence-electron chi connectivity index (χ4n) is 5.80. The lowest BCUT2D eigenvalue weighted by Crippen LogP contribution is -2.45. The van der Waals surface area contributed by atoms with E-state index >= 15 is 0 Å². The second kappa shape index (κ2) is 14.0. The van der Waals surface area contributed by atoms with Crippen LogP contribution in [0.4, 0.5) is 10.5 Å². The summed E-state index contributed by atoms with van der Waals surface area (Å²) in [5.74, 6) is -3.68. The lowest BCUT2D eigenvalue weighted by atomic mass is 9.75. The van der Waals surface area contributed by atoms with Gasteiger partial charge in [0.15, 0.2) is 0 Å². The van der Waals surface area contributed by atoms with Crippen LogP contribution >= 0.6 is 0 Å². The normalized spacial score (nSPS) is 19.3. The van der Waals surface area contributed by atoms with Gasteiger partial charge in [0.1, 0.15) is 11.7 Å². The van der Waals surface area contributed by atoms with E-state index in [0.717, 1.165) is 31.7 Å². The molecule has 2 aliphatic rings. The molecule has 2 atom stereocenters. The number of rotatable bonds is 9. The van der Waals surface area contributed by atoms with Crippen molar-refractivity contribution >= 4 is 35.3 Å². The van der Waals surface area contributed by atoms with Gasteiger partial charge in [-0.2, -0.15) is 0 Å². The molecule has 2 aliphatic heterocycles. The van der Waals surface area contributed by atoms with Gasteiger partial charge in [-0.3, -0.25) is 20.0 Å². The number of nitrogens with one attached hydrogen (secondary N) is 3. The number of aliphatic imine (C=N–C) groups is 1. The number of hydrogen-bond donors (Lipinski definition) is 5. The molecule has 12 heteroatoms. The molecule has 2 aromatic carbocycles. The third kappa shape index (κ3) is 7.77. The molecule has 5 N–H and O–H groups in total. The molecule has 4 rings (SSSR count). The lowest BCUT2D eigenvalue weighted by Gasteiger charge is -2.32. The highest BCUT2D eigenvalue weighted by atomic mass is 16.5. The van der Waals surface area contributed by atoms with Crippen LogP contribution < -0.4 is 20.9 Å². The Morgan fingerprint density at radius 3 is 2.35 bits per heavy atom. The zero-order valence-electron chi connectivity index (χ0n) is 24.4. The number of urea groups is 1. The summed E-state index contributed by atoms with van der Waals surface area (Å²) in [5, 5.41) is 22.3. The maximum absolute atomic E-state index is 12.5. The van der Waals surface area contributed by atoms with E-state index < -0.39 is 29.8 Å². The van der Waals surface area contributed by atoms with Crippen LogP contribution in [-0.4, -0.2) is 71.4 Å². The first-order chi connectivity index (χ1) is 20.6. The number of amides is 3. The molecule has 228 valence electrons. The Labute approximate surface area is 249 Å². The first kappa shape index (κ1) is 31.2. The maximum atomic E-state index is 12.5. The molecule has 1 saturated heterocycles. The van der Waals surface area contributed by atoms with Gasteiger partial charge >= 0.3 is 18.0 Å². The lowest BCUT2D eigenvalue weighted by molar-refractivity contribution is -0.140. The summed E-state index contributed by atoms with van der Waals surface area (Å²) in [7, 11) is 1.66. The Kier molecular flexibility index (Phi) is 10.1. The van der Waals surface area contributed by atoms with Crippen molar-refractivity contribution < 1.29 is 34.1 Å². The average Bonchev–Trinajstić information content (AvgIpc) is 2.98. The average molecular weight is 592 g/mol. The second-order valence-corrected chi connectivity index (χ2v) is 10.7. The molecular formula is C31H37N5O7. The summed E-state index contributed by atoms with van der Waals surface area (Å²) < 4.78 is 5.33. The number of ether oxygens (including phenoxy) is 1. The van der Waals surface area contributed by atoms with Crippen LogP contribution in [0.5, 0.6) is 5.75 Å². The molecule has 0 radical (unpaired) electrons. The van der Waals surface area contributed by atoms with Crippen LogP contribution in [-0.2, 0) is 14.4 Å². The molecule has 3 amide bonds. The number of aliphatic carboxylic acids is 2. The van der Waals surface area contributed by atoms with Gasteiger partial charge in [0.2, 0.25) is 5.91 Å². The van der Waals surface area contributed by atoms with E-state index in [4.69, 9.17) is 4.74 Å². The van der Waals surface area contributed by atoms with Gasteiger partial charge in [0.25, 0.3) is 0 Å². The number of piperidine rings is 1. The fraction of sp³-hybridized carbons (Fsp3) is 0.387. The number of hydrogen-bond acceptors (Lipinski definition) is 7. The SMILES string of the molecule is COc1cccc(C2CCN(CCC(=O)NNC(=O)Nc3cccc(C4C(C(=O)O)=C(C)N=C(C)C4C(=O)O)c3)CC2)c1.